The molecule has 0 bridgehead atoms. The Balaban J connectivity index is 1.93. The van der Waals surface area contributed by atoms with E-state index in [2.05, 4.69) is 5.32 Å². The predicted molar refractivity (Wildman–Crippen MR) is 75.9 cm³/mol. The van der Waals surface area contributed by atoms with Gasteiger partial charge in [-0.1, -0.05) is 18.2 Å². The van der Waals surface area contributed by atoms with E-state index in [0.717, 1.165) is 11.6 Å². The number of nitrogens with two attached hydrogens (primary N) is 1. The van der Waals surface area contributed by atoms with E-state index in [1.54, 1.807) is 6.07 Å². The van der Waals surface area contributed by atoms with Crippen LogP contribution in [-0.2, 0) is 11.2 Å². The van der Waals surface area contributed by atoms with E-state index in [0.29, 0.717) is 17.8 Å². The number of nitrogens with one attached hydrogen (secondary N) is 1. The number of nitrogen functional groups attached to an aromatic ring is 1. The van der Waals surface area contributed by atoms with Gasteiger partial charge in [0.15, 0.2) is 11.6 Å². The molecule has 5 heteroatoms. The number of phenols is 1. The quantitative estimate of drug-likeness (QED) is 0.592. The van der Waals surface area contributed by atoms with Gasteiger partial charge in [-0.15, -0.1) is 0 Å². The van der Waals surface area contributed by atoms with Crippen LogP contribution in [0.4, 0.5) is 15.8 Å². The van der Waals surface area contributed by atoms with Crippen molar-refractivity contribution in [3.05, 3.63) is 53.8 Å². The monoisotopic (exact) mass is 274 g/mol. The maximum Gasteiger partial charge on any atom is 0.224 e. The zero-order valence-corrected chi connectivity index (χ0v) is 10.8. The number of carbonyl (C=O) groups excluding carboxylic acids is 1. The molecular formula is C15H15FN2O2. The third kappa shape index (κ3) is 3.47. The molecule has 20 heavy (non-hydrogen) atoms. The first kappa shape index (κ1) is 13.9. The Kier molecular flexibility index (Phi) is 4.20. The number of amides is 1. The smallest absolute Gasteiger partial charge is 0.224 e. The summed E-state index contributed by atoms with van der Waals surface area (Å²) in [6.07, 6.45) is 0.760. The van der Waals surface area contributed by atoms with Crippen LogP contribution >= 0.6 is 0 Å². The lowest BCUT2D eigenvalue weighted by molar-refractivity contribution is -0.116. The van der Waals surface area contributed by atoms with Crippen LogP contribution in [0.2, 0.25) is 0 Å². The van der Waals surface area contributed by atoms with Gasteiger partial charge in [-0.05, 0) is 30.2 Å². The van der Waals surface area contributed by atoms with Crippen molar-refractivity contribution in [2.45, 2.75) is 12.8 Å². The van der Waals surface area contributed by atoms with E-state index in [-0.39, 0.29) is 12.3 Å². The highest BCUT2D eigenvalue weighted by Gasteiger charge is 2.07. The number of hydrogen-bond acceptors (Lipinski definition) is 3. The van der Waals surface area contributed by atoms with Crippen molar-refractivity contribution in [2.75, 3.05) is 11.1 Å². The first-order chi connectivity index (χ1) is 9.56. The minimum atomic E-state index is -0.768. The fraction of sp³-hybridized carbons (Fsp3) is 0.133. The Labute approximate surface area is 116 Å². The van der Waals surface area contributed by atoms with Crippen molar-refractivity contribution in [3.63, 3.8) is 0 Å². The maximum atomic E-state index is 13.1. The van der Waals surface area contributed by atoms with Crippen LogP contribution in [0.1, 0.15) is 12.0 Å². The summed E-state index contributed by atoms with van der Waals surface area (Å²) < 4.78 is 13.1. The lowest BCUT2D eigenvalue weighted by Gasteiger charge is -2.07. The van der Waals surface area contributed by atoms with Crippen molar-refractivity contribution in [1.82, 2.24) is 0 Å². The number of benzene rings is 2. The minimum absolute atomic E-state index is 0.238. The summed E-state index contributed by atoms with van der Waals surface area (Å²) in [7, 11) is 0. The zero-order chi connectivity index (χ0) is 14.5. The fourth-order valence-corrected chi connectivity index (χ4v) is 1.82. The number of phenolic OH excluding ortho intramolecular Hbond substituents is 1. The third-order valence-corrected chi connectivity index (χ3v) is 2.91. The standard InChI is InChI=1S/C15H15FN2O2/c16-12-9-11(6-7-14(12)19)18-15(20)8-5-10-3-1-2-4-13(10)17/h1-4,6-7,9,19H,5,8,17H2,(H,18,20). The Bertz CT molecular complexity index is 629. The zero-order valence-electron chi connectivity index (χ0n) is 10.8. The van der Waals surface area contributed by atoms with Crippen LogP contribution in [0.25, 0.3) is 0 Å². The molecule has 0 aliphatic rings. The Morgan fingerprint density at radius 3 is 2.70 bits per heavy atom. The number of aryl methyl sites for hydroxylation is 1. The largest absolute Gasteiger partial charge is 0.505 e. The van der Waals surface area contributed by atoms with Crippen LogP contribution in [0.3, 0.4) is 0 Å². The summed E-state index contributed by atoms with van der Waals surface area (Å²) in [6.45, 7) is 0. The average Bonchev–Trinajstić information content (AvgIpc) is 2.42. The molecular weight excluding hydrogens is 259 g/mol. The summed E-state index contributed by atoms with van der Waals surface area (Å²) in [5.74, 6) is -1.45. The van der Waals surface area contributed by atoms with Crippen LogP contribution in [0, 0.1) is 5.82 Å². The lowest BCUT2D eigenvalue weighted by atomic mass is 10.1. The fourth-order valence-electron chi connectivity index (χ4n) is 1.82. The van der Waals surface area contributed by atoms with Crippen LogP contribution in [0.5, 0.6) is 5.75 Å². The van der Waals surface area contributed by atoms with E-state index in [1.807, 2.05) is 18.2 Å². The Hall–Kier alpha value is -2.56. The highest BCUT2D eigenvalue weighted by Crippen LogP contribution is 2.20. The molecule has 2 rings (SSSR count). The van der Waals surface area contributed by atoms with E-state index >= 15 is 0 Å². The van der Waals surface area contributed by atoms with Gasteiger partial charge in [0.1, 0.15) is 0 Å². The van der Waals surface area contributed by atoms with Gasteiger partial charge in [-0.3, -0.25) is 4.79 Å². The molecule has 0 aliphatic heterocycles. The number of para-hydroxylation sites is 1. The summed E-state index contributed by atoms with van der Waals surface area (Å²) in [4.78, 5) is 11.8. The van der Waals surface area contributed by atoms with Crippen LogP contribution < -0.4 is 11.1 Å². The van der Waals surface area contributed by atoms with Crippen molar-refractivity contribution < 1.29 is 14.3 Å². The molecule has 0 aromatic heterocycles. The van der Waals surface area contributed by atoms with Gasteiger partial charge in [0.2, 0.25) is 5.91 Å². The van der Waals surface area contributed by atoms with Crippen molar-refractivity contribution in [3.8, 4) is 5.75 Å². The molecule has 2 aromatic carbocycles. The Morgan fingerprint density at radius 2 is 2.00 bits per heavy atom. The summed E-state index contributed by atoms with van der Waals surface area (Å²) >= 11 is 0. The normalized spacial score (nSPS) is 10.2. The number of aromatic hydroxyl groups is 1. The summed E-state index contributed by atoms with van der Waals surface area (Å²) in [5.41, 5.74) is 7.65. The van der Waals surface area contributed by atoms with Crippen LogP contribution in [-0.4, -0.2) is 11.0 Å². The molecule has 104 valence electrons. The van der Waals surface area contributed by atoms with Gasteiger partial charge >= 0.3 is 0 Å². The first-order valence-electron chi connectivity index (χ1n) is 6.18. The molecule has 4 N–H and O–H groups in total. The van der Waals surface area contributed by atoms with E-state index < -0.39 is 11.6 Å². The molecule has 4 nitrogen and oxygen atoms in total. The molecule has 0 saturated carbocycles. The second-order valence-corrected chi connectivity index (χ2v) is 4.41. The van der Waals surface area contributed by atoms with Crippen molar-refractivity contribution in [2.24, 2.45) is 0 Å². The minimum Gasteiger partial charge on any atom is -0.505 e. The topological polar surface area (TPSA) is 75.4 Å². The summed E-state index contributed by atoms with van der Waals surface area (Å²) in [5, 5.41) is 11.6. The number of halogens is 1. The highest BCUT2D eigenvalue weighted by molar-refractivity contribution is 5.91. The lowest BCUT2D eigenvalue weighted by Crippen LogP contribution is -2.12. The van der Waals surface area contributed by atoms with Gasteiger partial charge in [0.05, 0.1) is 0 Å². The van der Waals surface area contributed by atoms with Gasteiger partial charge in [0, 0.05) is 23.9 Å². The second-order valence-electron chi connectivity index (χ2n) is 4.41. The van der Waals surface area contributed by atoms with Crippen LogP contribution in [0.15, 0.2) is 42.5 Å². The maximum absolute atomic E-state index is 13.1. The summed E-state index contributed by atoms with van der Waals surface area (Å²) in [6, 6.07) is 11.0. The molecule has 2 aromatic rings. The molecule has 0 unspecified atom stereocenters. The molecule has 0 atom stereocenters. The number of hydrogen-bond donors (Lipinski definition) is 3. The number of anilines is 2. The van der Waals surface area contributed by atoms with Crippen molar-refractivity contribution in [1.29, 1.82) is 0 Å². The predicted octanol–water partition coefficient (Wildman–Crippen LogP) is 2.68. The molecule has 0 spiro atoms. The molecule has 0 heterocycles. The molecule has 0 saturated heterocycles. The number of carbonyl (C=O) groups is 1. The van der Waals surface area contributed by atoms with E-state index in [1.165, 1.54) is 12.1 Å². The van der Waals surface area contributed by atoms with Gasteiger partial charge < -0.3 is 16.2 Å². The Morgan fingerprint density at radius 1 is 1.25 bits per heavy atom. The molecule has 0 radical (unpaired) electrons. The average molecular weight is 274 g/mol. The third-order valence-electron chi connectivity index (χ3n) is 2.91. The highest BCUT2D eigenvalue weighted by atomic mass is 19.1. The van der Waals surface area contributed by atoms with Gasteiger partial charge in [-0.25, -0.2) is 4.39 Å². The van der Waals surface area contributed by atoms with E-state index in [4.69, 9.17) is 10.8 Å². The van der Waals surface area contributed by atoms with Gasteiger partial charge in [0.25, 0.3) is 0 Å². The number of rotatable bonds is 4. The molecule has 1 amide bonds. The van der Waals surface area contributed by atoms with Crippen molar-refractivity contribution >= 4 is 17.3 Å². The second kappa shape index (κ2) is 6.06. The molecule has 0 fully saturated rings. The molecule has 0 aliphatic carbocycles. The SMILES string of the molecule is Nc1ccccc1CCC(=O)Nc1ccc(O)c(F)c1. The van der Waals surface area contributed by atoms with E-state index in [9.17, 15) is 9.18 Å². The first-order valence-corrected chi connectivity index (χ1v) is 6.18. The van der Waals surface area contributed by atoms with Gasteiger partial charge in [-0.2, -0.15) is 0 Å².